The quantitative estimate of drug-likeness (QED) is 0.346. The third-order valence-corrected chi connectivity index (χ3v) is 2.22. The Kier molecular flexibility index (Phi) is 9.84. The van der Waals surface area contributed by atoms with Gasteiger partial charge in [0.05, 0.1) is 0 Å². The van der Waals surface area contributed by atoms with Crippen LogP contribution in [0.4, 0.5) is 0 Å². The zero-order valence-electron chi connectivity index (χ0n) is 10.3. The largest absolute Gasteiger partial charge is 0.300 e. The maximum Gasteiger partial charge on any atom is 0.150 e. The number of carbonyl (C=O) groups excluding carboxylic acids is 1. The minimum Gasteiger partial charge on any atom is -0.300 e. The van der Waals surface area contributed by atoms with Gasteiger partial charge in [-0.1, -0.05) is 46.5 Å². The Morgan fingerprint density at radius 2 is 2.00 bits per heavy atom. The smallest absolute Gasteiger partial charge is 0.150 e. The average molecular weight is 215 g/mol. The second-order valence-electron chi connectivity index (χ2n) is 4.38. The molecule has 0 aromatic carbocycles. The molecule has 0 aliphatic heterocycles. The minimum absolute atomic E-state index is 0.277. The fourth-order valence-electron chi connectivity index (χ4n) is 1.25. The summed E-state index contributed by atoms with van der Waals surface area (Å²) in [6, 6.07) is 0. The highest BCUT2D eigenvalue weighted by atomic mass is 16.7. The lowest BCUT2D eigenvalue weighted by atomic mass is 10.1. The van der Waals surface area contributed by atoms with Crippen molar-refractivity contribution in [2.24, 2.45) is 5.92 Å². The molecule has 0 spiro atoms. The van der Waals surface area contributed by atoms with E-state index in [0.717, 1.165) is 25.7 Å². The molecule has 1 atom stereocenters. The van der Waals surface area contributed by atoms with E-state index in [2.05, 4.69) is 26.3 Å². The van der Waals surface area contributed by atoms with Crippen LogP contribution in [0, 0.1) is 5.92 Å². The van der Waals surface area contributed by atoms with Crippen molar-refractivity contribution >= 4 is 6.29 Å². The van der Waals surface area contributed by atoms with Crippen LogP contribution >= 0.6 is 0 Å². The van der Waals surface area contributed by atoms with Crippen LogP contribution in [-0.2, 0) is 9.63 Å². The van der Waals surface area contributed by atoms with Crippen molar-refractivity contribution in [3.8, 4) is 0 Å². The van der Waals surface area contributed by atoms with E-state index in [1.807, 2.05) is 0 Å². The summed E-state index contributed by atoms with van der Waals surface area (Å²) in [5.74, 6) is 0.539. The van der Waals surface area contributed by atoms with E-state index in [9.17, 15) is 4.79 Å². The van der Waals surface area contributed by atoms with Gasteiger partial charge in [0.2, 0.25) is 0 Å². The second-order valence-corrected chi connectivity index (χ2v) is 4.38. The number of rotatable bonds is 10. The predicted octanol–water partition coefficient (Wildman–Crippen LogP) is 2.70. The molecule has 1 unspecified atom stereocenters. The topological polar surface area (TPSA) is 38.3 Å². The van der Waals surface area contributed by atoms with Crippen LogP contribution in [0.15, 0.2) is 0 Å². The molecule has 1 N–H and O–H groups in total. The summed E-state index contributed by atoms with van der Waals surface area (Å²) in [4.78, 5) is 15.9. The van der Waals surface area contributed by atoms with Gasteiger partial charge >= 0.3 is 0 Å². The van der Waals surface area contributed by atoms with Gasteiger partial charge < -0.3 is 4.79 Å². The molecule has 0 aliphatic rings. The number of hydrogen-bond acceptors (Lipinski definition) is 3. The number of unbranched alkanes of at least 4 members (excludes halogenated alkanes) is 3. The van der Waals surface area contributed by atoms with Crippen molar-refractivity contribution in [2.45, 2.75) is 59.0 Å². The first-order valence-electron chi connectivity index (χ1n) is 6.04. The van der Waals surface area contributed by atoms with Crippen LogP contribution < -0.4 is 5.48 Å². The van der Waals surface area contributed by atoms with E-state index in [0.29, 0.717) is 5.92 Å². The van der Waals surface area contributed by atoms with Gasteiger partial charge in [0.25, 0.3) is 0 Å². The minimum atomic E-state index is -0.277. The summed E-state index contributed by atoms with van der Waals surface area (Å²) in [6.45, 7) is 7.18. The first-order chi connectivity index (χ1) is 7.20. The van der Waals surface area contributed by atoms with Gasteiger partial charge in [0.1, 0.15) is 6.10 Å². The molecule has 0 radical (unpaired) electrons. The summed E-state index contributed by atoms with van der Waals surface area (Å²) in [7, 11) is 0. The van der Waals surface area contributed by atoms with E-state index >= 15 is 0 Å². The third-order valence-electron chi connectivity index (χ3n) is 2.22. The second kappa shape index (κ2) is 10.1. The van der Waals surface area contributed by atoms with Gasteiger partial charge in [-0.15, -0.1) is 0 Å². The highest BCUT2D eigenvalue weighted by molar-refractivity contribution is 5.55. The maximum absolute atomic E-state index is 10.7. The molecular weight excluding hydrogens is 190 g/mol. The first-order valence-corrected chi connectivity index (χ1v) is 6.04. The normalized spacial score (nSPS) is 13.1. The van der Waals surface area contributed by atoms with E-state index in [-0.39, 0.29) is 6.10 Å². The molecule has 0 heterocycles. The van der Waals surface area contributed by atoms with Crippen LogP contribution in [0.2, 0.25) is 0 Å². The lowest BCUT2D eigenvalue weighted by Gasteiger charge is -2.13. The molecule has 90 valence electrons. The van der Waals surface area contributed by atoms with Crippen LogP contribution in [0.5, 0.6) is 0 Å². The lowest BCUT2D eigenvalue weighted by Crippen LogP contribution is -2.28. The Balaban J connectivity index is 3.42. The van der Waals surface area contributed by atoms with Gasteiger partial charge in [-0.2, -0.15) is 0 Å². The average Bonchev–Trinajstić information content (AvgIpc) is 2.21. The molecule has 0 bridgehead atoms. The third kappa shape index (κ3) is 9.88. The number of nitrogens with one attached hydrogen (secondary N) is 1. The number of carbonyl (C=O) groups is 1. The van der Waals surface area contributed by atoms with Gasteiger partial charge in [-0.25, -0.2) is 5.48 Å². The summed E-state index contributed by atoms with van der Waals surface area (Å²) in [5, 5.41) is 0. The monoisotopic (exact) mass is 215 g/mol. The Hall–Kier alpha value is -0.410. The molecule has 0 rings (SSSR count). The van der Waals surface area contributed by atoms with Crippen LogP contribution in [-0.4, -0.2) is 18.9 Å². The van der Waals surface area contributed by atoms with E-state index in [4.69, 9.17) is 4.84 Å². The van der Waals surface area contributed by atoms with Crippen molar-refractivity contribution < 1.29 is 9.63 Å². The molecule has 3 heteroatoms. The first kappa shape index (κ1) is 14.6. The van der Waals surface area contributed by atoms with E-state index in [1.165, 1.54) is 19.3 Å². The fourth-order valence-corrected chi connectivity index (χ4v) is 1.25. The molecule has 0 saturated heterocycles. The standard InChI is InChI=1S/C12H25NO2/c1-4-5-6-7-8-12(10-14)15-13-9-11(2)3/h10-13H,4-9H2,1-3H3. The lowest BCUT2D eigenvalue weighted by molar-refractivity contribution is -0.124. The van der Waals surface area contributed by atoms with Crippen LogP contribution in [0.25, 0.3) is 0 Å². The maximum atomic E-state index is 10.7. The highest BCUT2D eigenvalue weighted by Gasteiger charge is 2.07. The molecule has 0 aliphatic carbocycles. The highest BCUT2D eigenvalue weighted by Crippen LogP contribution is 2.06. The molecular formula is C12H25NO2. The number of hydrogen-bond donors (Lipinski definition) is 1. The van der Waals surface area contributed by atoms with Gasteiger partial charge in [-0.05, 0) is 12.3 Å². The summed E-state index contributed by atoms with van der Waals surface area (Å²) < 4.78 is 0. The molecule has 0 fully saturated rings. The SMILES string of the molecule is CCCCCCC(C=O)ONCC(C)C. The summed E-state index contributed by atoms with van der Waals surface area (Å²) in [6.07, 6.45) is 6.16. The Morgan fingerprint density at radius 1 is 1.27 bits per heavy atom. The molecule has 3 nitrogen and oxygen atoms in total. The van der Waals surface area contributed by atoms with Crippen molar-refractivity contribution in [3.63, 3.8) is 0 Å². The Labute approximate surface area is 93.5 Å². The molecule has 0 amide bonds. The van der Waals surface area contributed by atoms with Crippen molar-refractivity contribution in [3.05, 3.63) is 0 Å². The van der Waals surface area contributed by atoms with Crippen molar-refractivity contribution in [1.82, 2.24) is 5.48 Å². The van der Waals surface area contributed by atoms with Crippen LogP contribution in [0.3, 0.4) is 0 Å². The zero-order chi connectivity index (χ0) is 11.5. The zero-order valence-corrected chi connectivity index (χ0v) is 10.3. The van der Waals surface area contributed by atoms with Crippen molar-refractivity contribution in [2.75, 3.05) is 6.54 Å². The van der Waals surface area contributed by atoms with Crippen LogP contribution in [0.1, 0.15) is 52.9 Å². The van der Waals surface area contributed by atoms with Gasteiger partial charge in [-0.3, -0.25) is 4.84 Å². The number of hydroxylamine groups is 1. The van der Waals surface area contributed by atoms with E-state index in [1.54, 1.807) is 0 Å². The van der Waals surface area contributed by atoms with E-state index < -0.39 is 0 Å². The van der Waals surface area contributed by atoms with Gasteiger partial charge in [0.15, 0.2) is 6.29 Å². The Morgan fingerprint density at radius 3 is 2.53 bits per heavy atom. The summed E-state index contributed by atoms with van der Waals surface area (Å²) >= 11 is 0. The molecule has 0 aromatic rings. The fraction of sp³-hybridized carbons (Fsp3) is 0.917. The Bertz CT molecular complexity index is 149. The molecule has 0 aromatic heterocycles. The predicted molar refractivity (Wildman–Crippen MR) is 62.5 cm³/mol. The number of aldehydes is 1. The van der Waals surface area contributed by atoms with Gasteiger partial charge in [0, 0.05) is 6.54 Å². The van der Waals surface area contributed by atoms with Crippen molar-refractivity contribution in [1.29, 1.82) is 0 Å². The molecule has 15 heavy (non-hydrogen) atoms. The molecule has 0 saturated carbocycles. The summed E-state index contributed by atoms with van der Waals surface area (Å²) in [5.41, 5.74) is 2.85.